The van der Waals surface area contributed by atoms with Crippen molar-refractivity contribution < 1.29 is 23.5 Å². The molecule has 0 spiro atoms. The molecule has 166 valence electrons. The molecule has 2 amide bonds. The largest absolute Gasteiger partial charge is 0.469 e. The van der Waals surface area contributed by atoms with Crippen LogP contribution in [0.1, 0.15) is 30.9 Å². The Morgan fingerprint density at radius 3 is 2.39 bits per heavy atom. The van der Waals surface area contributed by atoms with Gasteiger partial charge in [-0.05, 0) is 55.0 Å². The van der Waals surface area contributed by atoms with Gasteiger partial charge in [-0.1, -0.05) is 18.2 Å². The van der Waals surface area contributed by atoms with Gasteiger partial charge in [-0.25, -0.2) is 0 Å². The molecular weight excluding hydrogens is 420 g/mol. The second-order valence-electron chi connectivity index (χ2n) is 8.17. The van der Waals surface area contributed by atoms with Crippen molar-refractivity contribution in [2.75, 3.05) is 5.32 Å². The molecule has 0 saturated heterocycles. The maximum Gasteiger partial charge on any atom is 0.232 e. The number of benzene rings is 2. The first-order chi connectivity index (χ1) is 16.1. The van der Waals surface area contributed by atoms with Crippen molar-refractivity contribution in [1.29, 1.82) is 0 Å². The van der Waals surface area contributed by atoms with Gasteiger partial charge in [0.1, 0.15) is 17.3 Å². The van der Waals surface area contributed by atoms with Gasteiger partial charge >= 0.3 is 0 Å². The Kier molecular flexibility index (Phi) is 5.52. The minimum absolute atomic E-state index is 0.0585. The molecule has 0 bridgehead atoms. The second kappa shape index (κ2) is 8.78. The summed E-state index contributed by atoms with van der Waals surface area (Å²) < 4.78 is 11.2. The number of carbonyl (C=O) groups is 3. The van der Waals surface area contributed by atoms with Crippen molar-refractivity contribution in [3.63, 3.8) is 0 Å². The molecule has 1 aliphatic carbocycles. The van der Waals surface area contributed by atoms with Crippen LogP contribution in [0, 0.1) is 5.92 Å². The molecular formula is C26H22N2O5. The minimum atomic E-state index is -0.820. The lowest BCUT2D eigenvalue weighted by Gasteiger charge is -2.32. The molecule has 0 radical (unpaired) electrons. The second-order valence-corrected chi connectivity index (χ2v) is 8.17. The van der Waals surface area contributed by atoms with Crippen molar-refractivity contribution >= 4 is 23.3 Å². The monoisotopic (exact) mass is 442 g/mol. The first-order valence-corrected chi connectivity index (χ1v) is 10.8. The zero-order chi connectivity index (χ0) is 22.8. The van der Waals surface area contributed by atoms with Crippen molar-refractivity contribution in [2.24, 2.45) is 5.92 Å². The zero-order valence-electron chi connectivity index (χ0n) is 17.7. The van der Waals surface area contributed by atoms with Crippen LogP contribution in [-0.2, 0) is 14.4 Å². The molecule has 2 aliphatic rings. The lowest BCUT2D eigenvalue weighted by Crippen LogP contribution is -2.43. The third kappa shape index (κ3) is 4.43. The Labute approximate surface area is 190 Å². The van der Waals surface area contributed by atoms with Crippen LogP contribution in [0.4, 0.5) is 5.69 Å². The highest BCUT2D eigenvalue weighted by Gasteiger charge is 2.41. The first kappa shape index (κ1) is 20.8. The number of rotatable bonds is 5. The van der Waals surface area contributed by atoms with Gasteiger partial charge in [0.25, 0.3) is 0 Å². The normalized spacial score (nSPS) is 20.1. The highest BCUT2D eigenvalue weighted by molar-refractivity contribution is 6.09. The Balaban J connectivity index is 1.31. The number of allylic oxidation sites excluding steroid dienone is 1. The van der Waals surface area contributed by atoms with Gasteiger partial charge in [0.15, 0.2) is 5.78 Å². The average molecular weight is 442 g/mol. The maximum atomic E-state index is 13.1. The SMILES string of the molecule is O=C1C[C@@H](C(=O)Nc2ccc(Oc3ccccc3)cc2)C2=C(C[C@H](c3ccco3)CC2=O)N1. The van der Waals surface area contributed by atoms with Gasteiger partial charge in [-0.15, -0.1) is 0 Å². The van der Waals surface area contributed by atoms with E-state index in [2.05, 4.69) is 10.6 Å². The van der Waals surface area contributed by atoms with Gasteiger partial charge in [-0.3, -0.25) is 14.4 Å². The van der Waals surface area contributed by atoms with Crippen LogP contribution in [0.25, 0.3) is 0 Å². The molecule has 7 nitrogen and oxygen atoms in total. The van der Waals surface area contributed by atoms with Gasteiger partial charge in [0.2, 0.25) is 11.8 Å². The summed E-state index contributed by atoms with van der Waals surface area (Å²) in [7, 11) is 0. The van der Waals surface area contributed by atoms with E-state index in [4.69, 9.17) is 9.15 Å². The summed E-state index contributed by atoms with van der Waals surface area (Å²) in [6, 6.07) is 19.9. The summed E-state index contributed by atoms with van der Waals surface area (Å²) in [5, 5.41) is 5.64. The van der Waals surface area contributed by atoms with E-state index in [0.29, 0.717) is 40.6 Å². The predicted octanol–water partition coefficient (Wildman–Crippen LogP) is 4.55. The van der Waals surface area contributed by atoms with E-state index in [1.807, 2.05) is 36.4 Å². The number of para-hydroxylation sites is 1. The first-order valence-electron chi connectivity index (χ1n) is 10.8. The van der Waals surface area contributed by atoms with Gasteiger partial charge in [0, 0.05) is 35.7 Å². The molecule has 0 saturated carbocycles. The Bertz CT molecular complexity index is 1210. The zero-order valence-corrected chi connectivity index (χ0v) is 17.7. The number of hydrogen-bond donors (Lipinski definition) is 2. The number of furan rings is 1. The molecule has 0 fully saturated rings. The van der Waals surface area contributed by atoms with E-state index in [1.165, 1.54) is 0 Å². The predicted molar refractivity (Wildman–Crippen MR) is 121 cm³/mol. The molecule has 2 aromatic carbocycles. The molecule has 5 rings (SSSR count). The van der Waals surface area contributed by atoms with Crippen molar-refractivity contribution in [1.82, 2.24) is 5.32 Å². The third-order valence-electron chi connectivity index (χ3n) is 5.90. The highest BCUT2D eigenvalue weighted by Crippen LogP contribution is 2.39. The Morgan fingerprint density at radius 1 is 0.909 bits per heavy atom. The topological polar surface area (TPSA) is 97.6 Å². The number of hydrogen-bond acceptors (Lipinski definition) is 5. The number of amides is 2. The van der Waals surface area contributed by atoms with E-state index < -0.39 is 5.92 Å². The summed E-state index contributed by atoms with van der Waals surface area (Å²) in [6.45, 7) is 0. The van der Waals surface area contributed by atoms with Crippen LogP contribution < -0.4 is 15.4 Å². The molecule has 2 N–H and O–H groups in total. The lowest BCUT2D eigenvalue weighted by molar-refractivity contribution is -0.129. The number of ketones is 1. The molecule has 2 heterocycles. The number of carbonyl (C=O) groups excluding carboxylic acids is 3. The van der Waals surface area contributed by atoms with Crippen LogP contribution in [-0.4, -0.2) is 17.6 Å². The summed E-state index contributed by atoms with van der Waals surface area (Å²) in [5.74, 6) is 0.299. The molecule has 0 unspecified atom stereocenters. The Hall–Kier alpha value is -4.13. The maximum absolute atomic E-state index is 13.1. The van der Waals surface area contributed by atoms with Gasteiger partial charge < -0.3 is 19.8 Å². The van der Waals surface area contributed by atoms with E-state index in [9.17, 15) is 14.4 Å². The van der Waals surface area contributed by atoms with Crippen LogP contribution in [0.5, 0.6) is 11.5 Å². The van der Waals surface area contributed by atoms with E-state index >= 15 is 0 Å². The van der Waals surface area contributed by atoms with Crippen LogP contribution in [0.3, 0.4) is 0 Å². The number of Topliss-reactive ketones (excluding diaryl/α,β-unsaturated/α-hetero) is 1. The fourth-order valence-electron chi connectivity index (χ4n) is 4.37. The van der Waals surface area contributed by atoms with Crippen molar-refractivity contribution in [3.05, 3.63) is 90.0 Å². The fraction of sp³-hybridized carbons (Fsp3) is 0.192. The molecule has 33 heavy (non-hydrogen) atoms. The summed E-state index contributed by atoms with van der Waals surface area (Å²) in [6.07, 6.45) is 2.21. The van der Waals surface area contributed by atoms with Crippen LogP contribution >= 0.6 is 0 Å². The lowest BCUT2D eigenvalue weighted by atomic mass is 9.76. The van der Waals surface area contributed by atoms with E-state index in [0.717, 1.165) is 0 Å². The Morgan fingerprint density at radius 2 is 1.67 bits per heavy atom. The van der Waals surface area contributed by atoms with E-state index in [-0.39, 0.29) is 36.4 Å². The average Bonchev–Trinajstić information content (AvgIpc) is 3.35. The quantitative estimate of drug-likeness (QED) is 0.604. The third-order valence-corrected chi connectivity index (χ3v) is 5.90. The number of anilines is 1. The number of nitrogens with one attached hydrogen (secondary N) is 2. The van der Waals surface area contributed by atoms with Crippen LogP contribution in [0.2, 0.25) is 0 Å². The van der Waals surface area contributed by atoms with Gasteiger partial charge in [0.05, 0.1) is 12.2 Å². The molecule has 2 atom stereocenters. The minimum Gasteiger partial charge on any atom is -0.469 e. The van der Waals surface area contributed by atoms with Gasteiger partial charge in [-0.2, -0.15) is 0 Å². The van der Waals surface area contributed by atoms with Crippen LogP contribution in [0.15, 0.2) is 88.7 Å². The summed E-state index contributed by atoms with van der Waals surface area (Å²) in [5.41, 5.74) is 1.49. The summed E-state index contributed by atoms with van der Waals surface area (Å²) >= 11 is 0. The summed E-state index contributed by atoms with van der Waals surface area (Å²) in [4.78, 5) is 38.4. The molecule has 3 aromatic rings. The molecule has 1 aromatic heterocycles. The smallest absolute Gasteiger partial charge is 0.232 e. The van der Waals surface area contributed by atoms with Crippen molar-refractivity contribution in [3.8, 4) is 11.5 Å². The number of ether oxygens (including phenoxy) is 1. The molecule has 7 heteroatoms. The fourth-order valence-corrected chi connectivity index (χ4v) is 4.37. The van der Waals surface area contributed by atoms with E-state index in [1.54, 1.807) is 36.6 Å². The molecule has 1 aliphatic heterocycles. The standard InChI is InChI=1S/C26H22N2O5/c29-22-14-16(23-7-4-12-32-23)13-21-25(22)20(15-24(30)28-21)26(31)27-17-8-10-19(11-9-17)33-18-5-2-1-3-6-18/h1-12,16,20H,13-15H2,(H,27,31)(H,28,30)/t16-,20+/m0/s1. The van der Waals surface area contributed by atoms with Crippen molar-refractivity contribution in [2.45, 2.75) is 25.2 Å². The highest BCUT2D eigenvalue weighted by atomic mass is 16.5.